The van der Waals surface area contributed by atoms with Crippen molar-refractivity contribution in [2.45, 2.75) is 24.4 Å². The van der Waals surface area contributed by atoms with Crippen LogP contribution >= 0.6 is 11.6 Å². The molecule has 148 valence electrons. The predicted molar refractivity (Wildman–Crippen MR) is 110 cm³/mol. The quantitative estimate of drug-likeness (QED) is 0.838. The number of nitrogens with zero attached hydrogens (tertiary/aromatic N) is 2. The Labute approximate surface area is 170 Å². The van der Waals surface area contributed by atoms with Gasteiger partial charge in [0.2, 0.25) is 5.91 Å². The molecule has 1 N–H and O–H groups in total. The van der Waals surface area contributed by atoms with Crippen LogP contribution in [0.3, 0.4) is 0 Å². The highest BCUT2D eigenvalue weighted by Gasteiger charge is 2.50. The summed E-state index contributed by atoms with van der Waals surface area (Å²) in [6.07, 6.45) is 0.927. The van der Waals surface area contributed by atoms with Crippen LogP contribution in [0.25, 0.3) is 0 Å². The van der Waals surface area contributed by atoms with Crippen LogP contribution in [-0.2, 0) is 10.2 Å². The number of anilines is 1. The first kappa shape index (κ1) is 19.2. The summed E-state index contributed by atoms with van der Waals surface area (Å²) >= 11 is 6.08. The number of aliphatic hydroxyl groups excluding tert-OH is 1. The summed E-state index contributed by atoms with van der Waals surface area (Å²) < 4.78 is 5.64. The summed E-state index contributed by atoms with van der Waals surface area (Å²) in [5.74, 6) is 0.771. The van der Waals surface area contributed by atoms with Gasteiger partial charge in [-0.25, -0.2) is 0 Å². The number of carbonyl (C=O) groups excluding carboxylic acids is 1. The van der Waals surface area contributed by atoms with E-state index in [4.69, 9.17) is 16.3 Å². The van der Waals surface area contributed by atoms with Crippen molar-refractivity contribution in [3.8, 4) is 5.75 Å². The van der Waals surface area contributed by atoms with Crippen LogP contribution in [0, 0.1) is 0 Å². The van der Waals surface area contributed by atoms with Gasteiger partial charge in [-0.3, -0.25) is 4.79 Å². The number of para-hydroxylation sites is 2. The number of halogens is 1. The van der Waals surface area contributed by atoms with Crippen molar-refractivity contribution in [2.75, 3.05) is 38.2 Å². The molecule has 1 atom stereocenters. The maximum atomic E-state index is 13.0. The SMILES string of the molecule is CN1C(=O)C2(CCN(CC(O)COc3ccccc3Cl)CC2)c2ccccc21. The molecular formula is C22H25ClN2O3. The van der Waals surface area contributed by atoms with Gasteiger partial charge in [0.15, 0.2) is 0 Å². The highest BCUT2D eigenvalue weighted by Crippen LogP contribution is 2.47. The van der Waals surface area contributed by atoms with Crippen molar-refractivity contribution in [1.29, 1.82) is 0 Å². The Hall–Kier alpha value is -2.08. The second kappa shape index (κ2) is 7.74. The number of amides is 1. The van der Waals surface area contributed by atoms with E-state index in [1.807, 2.05) is 37.4 Å². The predicted octanol–water partition coefficient (Wildman–Crippen LogP) is 3.09. The fraction of sp³-hybridized carbons (Fsp3) is 0.409. The molecule has 0 saturated carbocycles. The highest BCUT2D eigenvalue weighted by molar-refractivity contribution is 6.32. The molecule has 0 aromatic heterocycles. The number of β-amino-alcohol motifs (C(OH)–C–C–N with tert-alkyl or cyclic N) is 1. The first-order chi connectivity index (χ1) is 13.5. The molecule has 2 aliphatic heterocycles. The average molecular weight is 401 g/mol. The van der Waals surface area contributed by atoms with Gasteiger partial charge in [0.1, 0.15) is 18.5 Å². The zero-order chi connectivity index (χ0) is 19.7. The van der Waals surface area contributed by atoms with Crippen molar-refractivity contribution in [3.63, 3.8) is 0 Å². The van der Waals surface area contributed by atoms with Crippen LogP contribution in [0.1, 0.15) is 18.4 Å². The molecule has 28 heavy (non-hydrogen) atoms. The third kappa shape index (κ3) is 3.39. The van der Waals surface area contributed by atoms with E-state index in [2.05, 4.69) is 11.0 Å². The van der Waals surface area contributed by atoms with Crippen LogP contribution in [0.4, 0.5) is 5.69 Å². The van der Waals surface area contributed by atoms with E-state index in [1.165, 1.54) is 0 Å². The fourth-order valence-corrected chi connectivity index (χ4v) is 4.61. The molecule has 4 rings (SSSR count). The van der Waals surface area contributed by atoms with Crippen LogP contribution < -0.4 is 9.64 Å². The van der Waals surface area contributed by atoms with Gasteiger partial charge < -0.3 is 19.6 Å². The van der Waals surface area contributed by atoms with E-state index in [1.54, 1.807) is 17.0 Å². The minimum Gasteiger partial charge on any atom is -0.489 e. The molecular weight excluding hydrogens is 376 g/mol. The molecule has 2 aliphatic rings. The van der Waals surface area contributed by atoms with Gasteiger partial charge >= 0.3 is 0 Å². The molecule has 1 saturated heterocycles. The van der Waals surface area contributed by atoms with E-state index < -0.39 is 11.5 Å². The van der Waals surface area contributed by atoms with Gasteiger partial charge in [-0.2, -0.15) is 0 Å². The Morgan fingerprint density at radius 3 is 2.57 bits per heavy atom. The van der Waals surface area contributed by atoms with E-state index in [-0.39, 0.29) is 12.5 Å². The summed E-state index contributed by atoms with van der Waals surface area (Å²) in [6, 6.07) is 15.3. The van der Waals surface area contributed by atoms with Crippen molar-refractivity contribution in [3.05, 3.63) is 59.1 Å². The van der Waals surface area contributed by atoms with Crippen molar-refractivity contribution < 1.29 is 14.6 Å². The number of fused-ring (bicyclic) bond motifs is 2. The molecule has 2 aromatic rings. The molecule has 1 amide bonds. The lowest BCUT2D eigenvalue weighted by Crippen LogP contribution is -2.49. The highest BCUT2D eigenvalue weighted by atomic mass is 35.5. The van der Waals surface area contributed by atoms with Gasteiger partial charge in [0.05, 0.1) is 10.4 Å². The van der Waals surface area contributed by atoms with Crippen molar-refractivity contribution in [1.82, 2.24) is 4.90 Å². The van der Waals surface area contributed by atoms with Crippen molar-refractivity contribution >= 4 is 23.2 Å². The molecule has 0 aliphatic carbocycles. The molecule has 0 bridgehead atoms. The molecule has 2 aromatic carbocycles. The van der Waals surface area contributed by atoms with Gasteiger partial charge in [0, 0.05) is 19.3 Å². The summed E-state index contributed by atoms with van der Waals surface area (Å²) in [6.45, 7) is 2.26. The monoisotopic (exact) mass is 400 g/mol. The average Bonchev–Trinajstić information content (AvgIpc) is 2.92. The van der Waals surface area contributed by atoms with E-state index >= 15 is 0 Å². The van der Waals surface area contributed by atoms with Gasteiger partial charge in [-0.15, -0.1) is 0 Å². The molecule has 5 nitrogen and oxygen atoms in total. The second-order valence-corrected chi connectivity index (χ2v) is 8.07. The van der Waals surface area contributed by atoms with Crippen molar-refractivity contribution in [2.24, 2.45) is 0 Å². The molecule has 6 heteroatoms. The number of likely N-dealkylation sites (tertiary alicyclic amines) is 1. The molecule has 1 spiro atoms. The summed E-state index contributed by atoms with van der Waals surface area (Å²) in [4.78, 5) is 17.0. The lowest BCUT2D eigenvalue weighted by Gasteiger charge is -2.39. The largest absolute Gasteiger partial charge is 0.489 e. The van der Waals surface area contributed by atoms with Gasteiger partial charge in [0.25, 0.3) is 0 Å². The van der Waals surface area contributed by atoms with Crippen LogP contribution in [-0.4, -0.2) is 55.3 Å². The number of ether oxygens (including phenoxy) is 1. The zero-order valence-electron chi connectivity index (χ0n) is 16.0. The number of hydrogen-bond acceptors (Lipinski definition) is 4. The molecule has 1 fully saturated rings. The summed E-state index contributed by atoms with van der Waals surface area (Å²) in [7, 11) is 1.86. The van der Waals surface area contributed by atoms with E-state index in [0.717, 1.165) is 37.2 Å². The number of aliphatic hydroxyl groups is 1. The summed E-state index contributed by atoms with van der Waals surface area (Å²) in [5.41, 5.74) is 1.75. The maximum absolute atomic E-state index is 13.0. The lowest BCUT2D eigenvalue weighted by molar-refractivity contribution is -0.124. The van der Waals surface area contributed by atoms with E-state index in [9.17, 15) is 9.90 Å². The molecule has 2 heterocycles. The Kier molecular flexibility index (Phi) is 5.32. The smallest absolute Gasteiger partial charge is 0.237 e. The van der Waals surface area contributed by atoms with Crippen LogP contribution in [0.15, 0.2) is 48.5 Å². The number of hydrogen-bond donors (Lipinski definition) is 1. The standard InChI is InChI=1S/C22H25ClN2O3/c1-24-19-8-4-2-6-17(19)22(21(24)27)10-12-25(13-11-22)14-16(26)15-28-20-9-5-3-7-18(20)23/h2-9,16,26H,10-15H2,1H3. The Morgan fingerprint density at radius 1 is 1.14 bits per heavy atom. The summed E-state index contributed by atoms with van der Waals surface area (Å²) in [5, 5.41) is 10.9. The third-order valence-corrected chi connectivity index (χ3v) is 6.25. The Balaban J connectivity index is 1.35. The minimum atomic E-state index is -0.612. The van der Waals surface area contributed by atoms with Crippen LogP contribution in [0.5, 0.6) is 5.75 Å². The van der Waals surface area contributed by atoms with Gasteiger partial charge in [-0.05, 0) is 49.7 Å². The van der Waals surface area contributed by atoms with Gasteiger partial charge in [-0.1, -0.05) is 41.9 Å². The first-order valence-electron chi connectivity index (χ1n) is 9.67. The first-order valence-corrected chi connectivity index (χ1v) is 10.0. The topological polar surface area (TPSA) is 53.0 Å². The Morgan fingerprint density at radius 2 is 1.82 bits per heavy atom. The third-order valence-electron chi connectivity index (χ3n) is 5.94. The number of benzene rings is 2. The Bertz CT molecular complexity index is 864. The lowest BCUT2D eigenvalue weighted by atomic mass is 9.73. The number of carbonyl (C=O) groups is 1. The van der Waals surface area contributed by atoms with E-state index in [0.29, 0.717) is 17.3 Å². The maximum Gasteiger partial charge on any atom is 0.237 e. The number of rotatable bonds is 5. The fourth-order valence-electron chi connectivity index (χ4n) is 4.42. The minimum absolute atomic E-state index is 0.190. The zero-order valence-corrected chi connectivity index (χ0v) is 16.7. The van der Waals surface area contributed by atoms with Crippen LogP contribution in [0.2, 0.25) is 5.02 Å². The molecule has 0 radical (unpaired) electrons. The normalized spacial score (nSPS) is 19.7. The number of piperidine rings is 1. The number of likely N-dealkylation sites (N-methyl/N-ethyl adjacent to an activating group) is 1. The molecule has 1 unspecified atom stereocenters. The second-order valence-electron chi connectivity index (χ2n) is 7.66.